The Balaban J connectivity index is 1.47. The summed E-state index contributed by atoms with van der Waals surface area (Å²) in [7, 11) is 1.51. The van der Waals surface area contributed by atoms with Crippen LogP contribution in [0.1, 0.15) is 34.3 Å². The molecule has 1 heterocycles. The van der Waals surface area contributed by atoms with E-state index in [1.807, 2.05) is 18.2 Å². The summed E-state index contributed by atoms with van der Waals surface area (Å²) in [5, 5.41) is 14.7. The van der Waals surface area contributed by atoms with Crippen LogP contribution in [0.15, 0.2) is 72.8 Å². The third-order valence-corrected chi connectivity index (χ3v) is 6.03. The molecule has 1 unspecified atom stereocenters. The summed E-state index contributed by atoms with van der Waals surface area (Å²) in [4.78, 5) is 38.8. The molecular weight excluding hydrogens is 470 g/mol. The van der Waals surface area contributed by atoms with Crippen LogP contribution in [-0.2, 0) is 11.2 Å². The van der Waals surface area contributed by atoms with Crippen LogP contribution < -0.4 is 15.4 Å². The standard InChI is InChI=1S/C29H27N3O5/c1-37-25-11-5-7-22(27(25)31-29(36)30-23-8-3-2-4-9-23)19-26(33)32-18-6-10-24(32)17-14-20-12-15-21(16-13-20)28(34)35/h2-5,7-9,11-13,15-16,24H,6,10,18-19H2,1H3,(H,34,35)(H2,30,31,36). The molecule has 1 fully saturated rings. The molecule has 0 bridgehead atoms. The molecule has 1 aliphatic heterocycles. The smallest absolute Gasteiger partial charge is 0.335 e. The lowest BCUT2D eigenvalue weighted by molar-refractivity contribution is -0.130. The van der Waals surface area contributed by atoms with E-state index in [9.17, 15) is 14.4 Å². The summed E-state index contributed by atoms with van der Waals surface area (Å²) >= 11 is 0. The molecule has 0 radical (unpaired) electrons. The molecule has 8 heteroatoms. The number of urea groups is 1. The maximum Gasteiger partial charge on any atom is 0.335 e. The Hall–Kier alpha value is -4.77. The number of nitrogens with zero attached hydrogens (tertiary/aromatic N) is 1. The van der Waals surface area contributed by atoms with Crippen molar-refractivity contribution in [1.29, 1.82) is 0 Å². The number of para-hydroxylation sites is 2. The number of hydrogen-bond acceptors (Lipinski definition) is 4. The van der Waals surface area contributed by atoms with Crippen LogP contribution in [0, 0.1) is 11.8 Å². The minimum absolute atomic E-state index is 0.0731. The van der Waals surface area contributed by atoms with Gasteiger partial charge in [0.2, 0.25) is 5.91 Å². The topological polar surface area (TPSA) is 108 Å². The van der Waals surface area contributed by atoms with Crippen LogP contribution in [0.3, 0.4) is 0 Å². The molecule has 0 spiro atoms. The van der Waals surface area contributed by atoms with E-state index < -0.39 is 12.0 Å². The Labute approximate surface area is 215 Å². The summed E-state index contributed by atoms with van der Waals surface area (Å²) in [6, 6.07) is 20.0. The molecule has 3 N–H and O–H groups in total. The number of benzene rings is 3. The van der Waals surface area contributed by atoms with Gasteiger partial charge >= 0.3 is 12.0 Å². The van der Waals surface area contributed by atoms with Gasteiger partial charge in [-0.2, -0.15) is 0 Å². The zero-order valence-corrected chi connectivity index (χ0v) is 20.4. The second-order valence-corrected chi connectivity index (χ2v) is 8.51. The predicted molar refractivity (Wildman–Crippen MR) is 141 cm³/mol. The molecular formula is C29H27N3O5. The number of likely N-dealkylation sites (tertiary alicyclic amines) is 1. The van der Waals surface area contributed by atoms with Gasteiger partial charge in [-0.1, -0.05) is 42.2 Å². The van der Waals surface area contributed by atoms with Gasteiger partial charge in [0.15, 0.2) is 0 Å². The van der Waals surface area contributed by atoms with Crippen LogP contribution in [0.2, 0.25) is 0 Å². The van der Waals surface area contributed by atoms with E-state index >= 15 is 0 Å². The molecule has 8 nitrogen and oxygen atoms in total. The van der Waals surface area contributed by atoms with Crippen molar-refractivity contribution in [3.05, 3.63) is 89.5 Å². The zero-order valence-electron chi connectivity index (χ0n) is 20.4. The Kier molecular flexibility index (Phi) is 8.06. The predicted octanol–water partition coefficient (Wildman–Crippen LogP) is 4.62. The molecule has 0 aromatic heterocycles. The highest BCUT2D eigenvalue weighted by atomic mass is 16.5. The highest BCUT2D eigenvalue weighted by Gasteiger charge is 2.28. The summed E-state index contributed by atoms with van der Waals surface area (Å²) in [5.41, 5.74) is 2.60. The van der Waals surface area contributed by atoms with Crippen LogP contribution in [0.25, 0.3) is 0 Å². The molecule has 3 aromatic rings. The first-order valence-corrected chi connectivity index (χ1v) is 11.9. The number of hydrogen-bond donors (Lipinski definition) is 3. The molecule has 3 aromatic carbocycles. The first-order chi connectivity index (χ1) is 17.9. The molecule has 1 aliphatic rings. The first kappa shape index (κ1) is 25.3. The fourth-order valence-corrected chi connectivity index (χ4v) is 4.18. The lowest BCUT2D eigenvalue weighted by atomic mass is 10.1. The second-order valence-electron chi connectivity index (χ2n) is 8.51. The number of carbonyl (C=O) groups excluding carboxylic acids is 2. The maximum atomic E-state index is 13.3. The molecule has 0 aliphatic carbocycles. The first-order valence-electron chi connectivity index (χ1n) is 11.9. The number of ether oxygens (including phenoxy) is 1. The molecule has 37 heavy (non-hydrogen) atoms. The largest absolute Gasteiger partial charge is 0.495 e. The molecule has 188 valence electrons. The van der Waals surface area contributed by atoms with Crippen molar-refractivity contribution < 1.29 is 24.2 Å². The van der Waals surface area contributed by atoms with Crippen molar-refractivity contribution in [2.75, 3.05) is 24.3 Å². The van der Waals surface area contributed by atoms with Gasteiger partial charge in [-0.3, -0.25) is 4.79 Å². The minimum Gasteiger partial charge on any atom is -0.495 e. The highest BCUT2D eigenvalue weighted by molar-refractivity contribution is 6.01. The fourth-order valence-electron chi connectivity index (χ4n) is 4.18. The monoisotopic (exact) mass is 497 g/mol. The number of carboxylic acids is 1. The summed E-state index contributed by atoms with van der Waals surface area (Å²) in [6.07, 6.45) is 1.67. The maximum absolute atomic E-state index is 13.3. The number of methoxy groups -OCH3 is 1. The lowest BCUT2D eigenvalue weighted by Gasteiger charge is -2.22. The van der Waals surface area contributed by atoms with E-state index in [4.69, 9.17) is 9.84 Å². The summed E-state index contributed by atoms with van der Waals surface area (Å²) in [5.74, 6) is 5.59. The van der Waals surface area contributed by atoms with Crippen molar-refractivity contribution >= 4 is 29.3 Å². The van der Waals surface area contributed by atoms with Crippen molar-refractivity contribution in [3.63, 3.8) is 0 Å². The average Bonchev–Trinajstić information content (AvgIpc) is 3.38. The quantitative estimate of drug-likeness (QED) is 0.431. The minimum atomic E-state index is -0.990. The van der Waals surface area contributed by atoms with Crippen LogP contribution in [0.4, 0.5) is 16.2 Å². The van der Waals surface area contributed by atoms with E-state index in [2.05, 4.69) is 22.5 Å². The number of nitrogens with one attached hydrogen (secondary N) is 2. The van der Waals surface area contributed by atoms with Crippen molar-refractivity contribution in [2.24, 2.45) is 0 Å². The van der Waals surface area contributed by atoms with Gasteiger partial charge < -0.3 is 25.4 Å². The lowest BCUT2D eigenvalue weighted by Crippen LogP contribution is -2.36. The molecule has 1 saturated heterocycles. The van der Waals surface area contributed by atoms with Gasteiger partial charge in [-0.15, -0.1) is 0 Å². The van der Waals surface area contributed by atoms with Gasteiger partial charge in [-0.25, -0.2) is 9.59 Å². The van der Waals surface area contributed by atoms with Crippen molar-refractivity contribution in [1.82, 2.24) is 4.90 Å². The third kappa shape index (κ3) is 6.47. The number of anilines is 2. The van der Waals surface area contributed by atoms with E-state index in [0.717, 1.165) is 12.8 Å². The zero-order chi connectivity index (χ0) is 26.2. The van der Waals surface area contributed by atoms with Gasteiger partial charge in [0.25, 0.3) is 0 Å². The van der Waals surface area contributed by atoms with Crippen LogP contribution >= 0.6 is 0 Å². The normalized spacial score (nSPS) is 14.3. The van der Waals surface area contributed by atoms with E-state index in [-0.39, 0.29) is 23.9 Å². The summed E-state index contributed by atoms with van der Waals surface area (Å²) in [6.45, 7) is 0.595. The Morgan fingerprint density at radius 3 is 2.46 bits per heavy atom. The average molecular weight is 498 g/mol. The van der Waals surface area contributed by atoms with Gasteiger partial charge in [0.1, 0.15) is 5.75 Å². The number of aromatic carboxylic acids is 1. The summed E-state index contributed by atoms with van der Waals surface area (Å²) < 4.78 is 5.45. The van der Waals surface area contributed by atoms with E-state index in [1.54, 1.807) is 47.4 Å². The van der Waals surface area contributed by atoms with Gasteiger partial charge in [0, 0.05) is 17.8 Å². The van der Waals surface area contributed by atoms with Gasteiger partial charge in [-0.05, 0) is 60.9 Å². The SMILES string of the molecule is COc1cccc(CC(=O)N2CCCC2C#Cc2ccc(C(=O)O)cc2)c1NC(=O)Nc1ccccc1. The van der Waals surface area contributed by atoms with Gasteiger partial charge in [0.05, 0.1) is 30.8 Å². The van der Waals surface area contributed by atoms with E-state index in [1.165, 1.54) is 19.2 Å². The molecule has 1 atom stereocenters. The van der Waals surface area contributed by atoms with Crippen molar-refractivity contribution in [3.8, 4) is 17.6 Å². The second kappa shape index (κ2) is 11.8. The number of rotatable bonds is 6. The fraction of sp³-hybridized carbons (Fsp3) is 0.207. The third-order valence-electron chi connectivity index (χ3n) is 6.03. The van der Waals surface area contributed by atoms with E-state index in [0.29, 0.717) is 34.8 Å². The Morgan fingerprint density at radius 2 is 1.76 bits per heavy atom. The van der Waals surface area contributed by atoms with Crippen LogP contribution in [0.5, 0.6) is 5.75 Å². The number of carbonyl (C=O) groups is 3. The Bertz CT molecular complexity index is 1340. The Morgan fingerprint density at radius 1 is 1.00 bits per heavy atom. The highest BCUT2D eigenvalue weighted by Crippen LogP contribution is 2.30. The number of amides is 3. The number of carboxylic acid groups (broad SMARTS) is 1. The molecule has 3 amide bonds. The van der Waals surface area contributed by atoms with Crippen LogP contribution in [-0.4, -0.2) is 47.6 Å². The molecule has 0 saturated carbocycles. The molecule has 4 rings (SSSR count). The van der Waals surface area contributed by atoms with Crippen molar-refractivity contribution in [2.45, 2.75) is 25.3 Å².